The summed E-state index contributed by atoms with van der Waals surface area (Å²) in [6.07, 6.45) is 4.76. The predicted octanol–water partition coefficient (Wildman–Crippen LogP) is 5.95. The smallest absolute Gasteiger partial charge is 0.306 e. The van der Waals surface area contributed by atoms with Crippen LogP contribution < -0.4 is 5.32 Å². The van der Waals surface area contributed by atoms with E-state index in [1.807, 2.05) is 95.7 Å². The molecule has 0 fully saturated rings. The summed E-state index contributed by atoms with van der Waals surface area (Å²) in [5.41, 5.74) is 0.971. The van der Waals surface area contributed by atoms with Crippen molar-refractivity contribution in [2.45, 2.75) is 17.6 Å². The molecule has 1 heterocycles. The Balaban J connectivity index is 1.66. The maximum absolute atomic E-state index is 12.7. The van der Waals surface area contributed by atoms with E-state index in [2.05, 4.69) is 10.3 Å². The number of amides is 1. The van der Waals surface area contributed by atoms with Crippen LogP contribution in [-0.2, 0) is 15.9 Å². The largest absolute Gasteiger partial charge is 0.481 e. The molecule has 0 spiro atoms. The lowest BCUT2D eigenvalue weighted by atomic mass is 9.70. The number of carboxylic acids is 1. The molecule has 5 aromatic carbocycles. The summed E-state index contributed by atoms with van der Waals surface area (Å²) in [5, 5.41) is 27.1. The second kappa shape index (κ2) is 11.6. The molecule has 218 valence electrons. The molecule has 0 bridgehead atoms. The summed E-state index contributed by atoms with van der Waals surface area (Å²) >= 11 is 0. The number of carboxylic acid groups (broad SMARTS) is 1. The zero-order chi connectivity index (χ0) is 30.7. The third kappa shape index (κ3) is 4.83. The fourth-order valence-electron chi connectivity index (χ4n) is 6.25. The Kier molecular flexibility index (Phi) is 7.55. The molecule has 6 rings (SSSR count). The highest BCUT2D eigenvalue weighted by atomic mass is 16.4. The number of nitrogens with one attached hydrogen (secondary N) is 1. The molecule has 0 radical (unpaired) electrons. The molecule has 1 aromatic heterocycles. The normalized spacial score (nSPS) is 12.9. The van der Waals surface area contributed by atoms with E-state index >= 15 is 0 Å². The van der Waals surface area contributed by atoms with Gasteiger partial charge in [0.2, 0.25) is 0 Å². The zero-order valence-corrected chi connectivity index (χ0v) is 24.1. The molecule has 1 atom stereocenters. The van der Waals surface area contributed by atoms with Crippen LogP contribution in [-0.4, -0.2) is 38.7 Å². The van der Waals surface area contributed by atoms with Gasteiger partial charge in [-0.05, 0) is 56.8 Å². The summed E-state index contributed by atoms with van der Waals surface area (Å²) in [4.78, 5) is 29.1. The highest BCUT2D eigenvalue weighted by Crippen LogP contribution is 2.47. The van der Waals surface area contributed by atoms with Gasteiger partial charge in [-0.3, -0.25) is 9.59 Å². The summed E-state index contributed by atoms with van der Waals surface area (Å²) in [6.45, 7) is 0. The monoisotopic (exact) mass is 581 g/mol. The summed E-state index contributed by atoms with van der Waals surface area (Å²) in [5.74, 6) is -1.35. The molecule has 1 unspecified atom stereocenters. The fourth-order valence-corrected chi connectivity index (χ4v) is 6.25. The highest BCUT2D eigenvalue weighted by molar-refractivity contribution is 5.98. The molecule has 44 heavy (non-hydrogen) atoms. The lowest BCUT2D eigenvalue weighted by Crippen LogP contribution is -2.41. The van der Waals surface area contributed by atoms with Crippen molar-refractivity contribution >= 4 is 22.6 Å². The number of carbonyl (C=O) groups excluding carboxylic acids is 1. The van der Waals surface area contributed by atoms with Crippen LogP contribution in [0.2, 0.25) is 0 Å². The minimum atomic E-state index is -1.93. The van der Waals surface area contributed by atoms with Gasteiger partial charge in [-0.25, -0.2) is 4.98 Å². The van der Waals surface area contributed by atoms with Gasteiger partial charge >= 0.3 is 5.97 Å². The van der Waals surface area contributed by atoms with Gasteiger partial charge in [0.15, 0.2) is 0 Å². The van der Waals surface area contributed by atoms with E-state index in [1.165, 1.54) is 0 Å². The molecule has 0 aliphatic carbocycles. The molecule has 3 N–H and O–H groups in total. The third-order valence-electron chi connectivity index (χ3n) is 8.25. The summed E-state index contributed by atoms with van der Waals surface area (Å²) in [7, 11) is 1.58. The van der Waals surface area contributed by atoms with Gasteiger partial charge in [-0.15, -0.1) is 0 Å². The second-order valence-corrected chi connectivity index (χ2v) is 10.7. The van der Waals surface area contributed by atoms with Crippen LogP contribution in [0.15, 0.2) is 140 Å². The third-order valence-corrected chi connectivity index (χ3v) is 8.25. The lowest BCUT2D eigenvalue weighted by molar-refractivity contribution is -0.141. The first-order valence-electron chi connectivity index (χ1n) is 14.3. The van der Waals surface area contributed by atoms with Crippen molar-refractivity contribution in [2.75, 3.05) is 7.05 Å². The first kappa shape index (κ1) is 28.6. The van der Waals surface area contributed by atoms with Crippen molar-refractivity contribution in [1.82, 2.24) is 14.9 Å². The fraction of sp³-hybridized carbons (Fsp3) is 0.108. The topological polar surface area (TPSA) is 104 Å². The number of nitrogens with zero attached hydrogens (tertiary/aromatic N) is 2. The van der Waals surface area contributed by atoms with Gasteiger partial charge in [0.1, 0.15) is 11.1 Å². The Morgan fingerprint density at radius 2 is 1.34 bits per heavy atom. The molecular weight excluding hydrogens is 550 g/mol. The van der Waals surface area contributed by atoms with E-state index in [1.54, 1.807) is 56.0 Å². The van der Waals surface area contributed by atoms with Crippen molar-refractivity contribution in [3.8, 4) is 0 Å². The van der Waals surface area contributed by atoms with Crippen LogP contribution >= 0.6 is 0 Å². The van der Waals surface area contributed by atoms with Gasteiger partial charge in [0, 0.05) is 25.0 Å². The minimum absolute atomic E-state index is 0.204. The van der Waals surface area contributed by atoms with E-state index < -0.39 is 23.5 Å². The number of carbonyl (C=O) groups is 2. The number of aliphatic hydroxyl groups is 1. The molecule has 0 aliphatic heterocycles. The van der Waals surface area contributed by atoms with Crippen LogP contribution in [0, 0.1) is 0 Å². The maximum Gasteiger partial charge on any atom is 0.306 e. The minimum Gasteiger partial charge on any atom is -0.481 e. The number of hydrogen-bond donors (Lipinski definition) is 3. The maximum atomic E-state index is 12.7. The SMILES string of the molecule is CNC(=O)c1ccc2cc(C(O)(CC(=O)O)c3ccccc3C(c3ccccc3)(c3ccccc3)n3ccnc3)ccc2c1. The summed E-state index contributed by atoms with van der Waals surface area (Å²) in [6, 6.07) is 38.0. The molecule has 6 aromatic rings. The average Bonchev–Trinajstić information content (AvgIpc) is 3.60. The predicted molar refractivity (Wildman–Crippen MR) is 169 cm³/mol. The quantitative estimate of drug-likeness (QED) is 0.183. The molecule has 7 nitrogen and oxygen atoms in total. The van der Waals surface area contributed by atoms with Crippen molar-refractivity contribution in [3.63, 3.8) is 0 Å². The first-order valence-corrected chi connectivity index (χ1v) is 14.3. The van der Waals surface area contributed by atoms with Crippen LogP contribution in [0.4, 0.5) is 0 Å². The standard InChI is InChI=1S/C37H31N3O4/c1-38-35(43)28-17-16-27-23-31(19-18-26(27)22-28)36(44,24-34(41)42)32-14-8-9-15-33(32)37(40-21-20-39-25-40,29-10-4-2-5-11-29)30-12-6-3-7-13-30/h2-23,25,44H,24H2,1H3,(H,38,43)(H,41,42). The molecule has 0 saturated heterocycles. The Morgan fingerprint density at radius 3 is 1.93 bits per heavy atom. The van der Waals surface area contributed by atoms with Crippen molar-refractivity contribution in [2.24, 2.45) is 0 Å². The Hall–Kier alpha value is -5.53. The number of imidazole rings is 1. The van der Waals surface area contributed by atoms with Gasteiger partial charge in [0.05, 0.1) is 12.7 Å². The number of fused-ring (bicyclic) bond motifs is 1. The molecule has 0 saturated carbocycles. The van der Waals surface area contributed by atoms with Crippen molar-refractivity contribution in [1.29, 1.82) is 0 Å². The number of hydrogen-bond acceptors (Lipinski definition) is 4. The van der Waals surface area contributed by atoms with Crippen LogP contribution in [0.5, 0.6) is 0 Å². The Morgan fingerprint density at radius 1 is 0.750 bits per heavy atom. The lowest BCUT2D eigenvalue weighted by Gasteiger charge is -2.41. The number of rotatable bonds is 9. The van der Waals surface area contributed by atoms with Gasteiger partial charge in [-0.2, -0.15) is 0 Å². The molecule has 0 aliphatic rings. The van der Waals surface area contributed by atoms with Crippen molar-refractivity contribution < 1.29 is 19.8 Å². The van der Waals surface area contributed by atoms with E-state index in [9.17, 15) is 19.8 Å². The second-order valence-electron chi connectivity index (χ2n) is 10.7. The molecule has 1 amide bonds. The number of benzene rings is 5. The Bertz CT molecular complexity index is 1900. The van der Waals surface area contributed by atoms with E-state index in [0.29, 0.717) is 22.3 Å². The van der Waals surface area contributed by atoms with Crippen LogP contribution in [0.25, 0.3) is 10.8 Å². The van der Waals surface area contributed by atoms with Gasteiger partial charge < -0.3 is 20.1 Å². The first-order chi connectivity index (χ1) is 21.4. The molecular formula is C37H31N3O4. The number of aromatic nitrogens is 2. The highest BCUT2D eigenvalue weighted by Gasteiger charge is 2.45. The van der Waals surface area contributed by atoms with Crippen molar-refractivity contribution in [3.05, 3.63) is 173 Å². The van der Waals surface area contributed by atoms with E-state index in [-0.39, 0.29) is 5.91 Å². The molecule has 7 heteroatoms. The Labute approximate surface area is 255 Å². The van der Waals surface area contributed by atoms with Crippen LogP contribution in [0.1, 0.15) is 44.6 Å². The van der Waals surface area contributed by atoms with Gasteiger partial charge in [-0.1, -0.05) is 103 Å². The van der Waals surface area contributed by atoms with Crippen LogP contribution in [0.3, 0.4) is 0 Å². The van der Waals surface area contributed by atoms with E-state index in [4.69, 9.17) is 0 Å². The summed E-state index contributed by atoms with van der Waals surface area (Å²) < 4.78 is 2.00. The van der Waals surface area contributed by atoms with E-state index in [0.717, 1.165) is 21.9 Å². The zero-order valence-electron chi connectivity index (χ0n) is 24.1. The van der Waals surface area contributed by atoms with Gasteiger partial charge in [0.25, 0.3) is 5.91 Å². The average molecular weight is 582 g/mol. The number of aliphatic carboxylic acids is 1.